The third-order valence-corrected chi connectivity index (χ3v) is 3.14. The van der Waals surface area contributed by atoms with Crippen molar-refractivity contribution in [3.8, 4) is 17.2 Å². The molecule has 0 saturated heterocycles. The van der Waals surface area contributed by atoms with Crippen LogP contribution in [0.3, 0.4) is 0 Å². The Morgan fingerprint density at radius 3 is 2.76 bits per heavy atom. The molecule has 1 aliphatic heterocycles. The zero-order chi connectivity index (χ0) is 15.1. The summed E-state index contributed by atoms with van der Waals surface area (Å²) in [5.74, 6) is 2.33. The van der Waals surface area contributed by atoms with Gasteiger partial charge in [0.1, 0.15) is 5.75 Å². The van der Waals surface area contributed by atoms with Gasteiger partial charge in [0.15, 0.2) is 11.5 Å². The first-order chi connectivity index (χ1) is 10.2. The van der Waals surface area contributed by atoms with E-state index in [1.165, 1.54) is 0 Å². The average Bonchev–Trinajstić information content (AvgIpc) is 2.90. The first kappa shape index (κ1) is 15.7. The fourth-order valence-corrected chi connectivity index (χ4v) is 1.97. The van der Waals surface area contributed by atoms with Crippen molar-refractivity contribution < 1.29 is 18.9 Å². The summed E-state index contributed by atoms with van der Waals surface area (Å²) in [6, 6.07) is 3.87. The summed E-state index contributed by atoms with van der Waals surface area (Å²) in [4.78, 5) is 0. The molecule has 5 heteroatoms. The summed E-state index contributed by atoms with van der Waals surface area (Å²) in [5.41, 5.74) is 2.16. The predicted molar refractivity (Wildman–Crippen MR) is 81.1 cm³/mol. The van der Waals surface area contributed by atoms with Crippen molar-refractivity contribution >= 4 is 0 Å². The Labute approximate surface area is 125 Å². The van der Waals surface area contributed by atoms with E-state index in [9.17, 15) is 0 Å². The van der Waals surface area contributed by atoms with Crippen molar-refractivity contribution in [2.45, 2.75) is 19.9 Å². The van der Waals surface area contributed by atoms with Crippen LogP contribution in [0.4, 0.5) is 0 Å². The molecule has 1 aromatic carbocycles. The largest absolute Gasteiger partial charge is 0.493 e. The summed E-state index contributed by atoms with van der Waals surface area (Å²) >= 11 is 0. The number of fused-ring (bicyclic) bond motifs is 1. The van der Waals surface area contributed by atoms with Gasteiger partial charge >= 0.3 is 0 Å². The molecule has 5 nitrogen and oxygen atoms in total. The highest BCUT2D eigenvalue weighted by molar-refractivity contribution is 5.51. The fraction of sp³-hybridized carbons (Fsp3) is 0.500. The lowest BCUT2D eigenvalue weighted by atomic mass is 10.1. The first-order valence-corrected chi connectivity index (χ1v) is 7.10. The van der Waals surface area contributed by atoms with Gasteiger partial charge in [-0.25, -0.2) is 0 Å². The molecular weight excluding hydrogens is 270 g/mol. The molecule has 1 heterocycles. The number of hydrogen-bond donors (Lipinski definition) is 1. The Balaban J connectivity index is 2.02. The molecule has 0 unspecified atom stereocenters. The van der Waals surface area contributed by atoms with Gasteiger partial charge in [-0.1, -0.05) is 5.57 Å². The molecule has 0 fully saturated rings. The van der Waals surface area contributed by atoms with E-state index in [0.717, 1.165) is 41.4 Å². The van der Waals surface area contributed by atoms with Gasteiger partial charge in [0, 0.05) is 38.2 Å². The fourth-order valence-electron chi connectivity index (χ4n) is 1.97. The second-order valence-corrected chi connectivity index (χ2v) is 5.04. The maximum atomic E-state index is 5.86. The van der Waals surface area contributed by atoms with E-state index in [-0.39, 0.29) is 6.79 Å². The van der Waals surface area contributed by atoms with E-state index in [2.05, 4.69) is 11.9 Å². The summed E-state index contributed by atoms with van der Waals surface area (Å²) in [6.07, 6.45) is 0.838. The monoisotopic (exact) mass is 293 g/mol. The standard InChI is InChI=1S/C16H23NO4/c1-12(2)4-6-19-14-9-16-15(20-11-21-16)8-13(14)10-17-5-7-18-3/h8-9,17H,1,4-7,10-11H2,2-3H3. The quantitative estimate of drug-likeness (QED) is 0.560. The van der Waals surface area contributed by atoms with Gasteiger partial charge in [-0.2, -0.15) is 0 Å². The van der Waals surface area contributed by atoms with E-state index in [1.54, 1.807) is 7.11 Å². The molecule has 2 rings (SSSR count). The molecule has 0 radical (unpaired) electrons. The van der Waals surface area contributed by atoms with Crippen LogP contribution in [0.25, 0.3) is 0 Å². The van der Waals surface area contributed by atoms with Gasteiger partial charge in [-0.3, -0.25) is 0 Å². The Hall–Kier alpha value is -1.72. The number of methoxy groups -OCH3 is 1. The number of nitrogens with one attached hydrogen (secondary N) is 1. The van der Waals surface area contributed by atoms with Crippen LogP contribution in [0.15, 0.2) is 24.3 Å². The molecular formula is C16H23NO4. The summed E-state index contributed by atoms with van der Waals surface area (Å²) in [6.45, 7) is 8.92. The topological polar surface area (TPSA) is 49.0 Å². The third kappa shape index (κ3) is 4.65. The highest BCUT2D eigenvalue weighted by Crippen LogP contribution is 2.38. The average molecular weight is 293 g/mol. The number of rotatable bonds is 9. The zero-order valence-electron chi connectivity index (χ0n) is 12.7. The maximum Gasteiger partial charge on any atom is 0.231 e. The lowest BCUT2D eigenvalue weighted by Crippen LogP contribution is -2.19. The SMILES string of the molecule is C=C(C)CCOc1cc2c(cc1CNCCOC)OCO2. The molecule has 1 aliphatic rings. The molecule has 0 amide bonds. The summed E-state index contributed by atoms with van der Waals surface area (Å²) < 4.78 is 21.7. The minimum atomic E-state index is 0.265. The van der Waals surface area contributed by atoms with Gasteiger partial charge in [0.25, 0.3) is 0 Å². The number of ether oxygens (including phenoxy) is 4. The van der Waals surface area contributed by atoms with Gasteiger partial charge in [0.05, 0.1) is 13.2 Å². The van der Waals surface area contributed by atoms with E-state index in [0.29, 0.717) is 19.8 Å². The molecule has 0 aliphatic carbocycles. The molecule has 21 heavy (non-hydrogen) atoms. The van der Waals surface area contributed by atoms with Crippen LogP contribution < -0.4 is 19.5 Å². The first-order valence-electron chi connectivity index (χ1n) is 7.10. The lowest BCUT2D eigenvalue weighted by Gasteiger charge is -2.13. The van der Waals surface area contributed by atoms with Gasteiger partial charge in [0.2, 0.25) is 6.79 Å². The zero-order valence-corrected chi connectivity index (χ0v) is 12.7. The van der Waals surface area contributed by atoms with Gasteiger partial charge < -0.3 is 24.3 Å². The van der Waals surface area contributed by atoms with Crippen molar-refractivity contribution in [3.05, 3.63) is 29.8 Å². The van der Waals surface area contributed by atoms with E-state index >= 15 is 0 Å². The maximum absolute atomic E-state index is 5.86. The molecule has 0 bridgehead atoms. The second-order valence-electron chi connectivity index (χ2n) is 5.04. The van der Waals surface area contributed by atoms with Crippen molar-refractivity contribution in [2.75, 3.05) is 33.7 Å². The Morgan fingerprint density at radius 1 is 1.29 bits per heavy atom. The molecule has 1 aromatic rings. The Kier molecular flexibility index (Phi) is 5.90. The lowest BCUT2D eigenvalue weighted by molar-refractivity contribution is 0.173. The van der Waals surface area contributed by atoms with E-state index in [1.807, 2.05) is 19.1 Å². The van der Waals surface area contributed by atoms with E-state index in [4.69, 9.17) is 18.9 Å². The smallest absolute Gasteiger partial charge is 0.231 e. The van der Waals surface area contributed by atoms with Crippen LogP contribution in [0, 0.1) is 0 Å². The van der Waals surface area contributed by atoms with Gasteiger partial charge in [-0.05, 0) is 13.0 Å². The van der Waals surface area contributed by atoms with Crippen molar-refractivity contribution in [2.24, 2.45) is 0 Å². The van der Waals surface area contributed by atoms with E-state index < -0.39 is 0 Å². The van der Waals surface area contributed by atoms with Crippen LogP contribution >= 0.6 is 0 Å². The Bertz CT molecular complexity index is 487. The van der Waals surface area contributed by atoms with Crippen LogP contribution in [0.5, 0.6) is 17.2 Å². The van der Waals surface area contributed by atoms with Crippen LogP contribution in [-0.4, -0.2) is 33.7 Å². The summed E-state index contributed by atoms with van der Waals surface area (Å²) in [5, 5.41) is 3.31. The normalized spacial score (nSPS) is 12.5. The van der Waals surface area contributed by atoms with Gasteiger partial charge in [-0.15, -0.1) is 6.58 Å². The minimum Gasteiger partial charge on any atom is -0.493 e. The molecule has 0 atom stereocenters. The Morgan fingerprint density at radius 2 is 2.05 bits per heavy atom. The van der Waals surface area contributed by atoms with Crippen LogP contribution in [0.1, 0.15) is 18.9 Å². The second kappa shape index (κ2) is 7.90. The summed E-state index contributed by atoms with van der Waals surface area (Å²) in [7, 11) is 1.69. The third-order valence-electron chi connectivity index (χ3n) is 3.14. The molecule has 1 N–H and O–H groups in total. The van der Waals surface area contributed by atoms with Crippen molar-refractivity contribution in [1.29, 1.82) is 0 Å². The minimum absolute atomic E-state index is 0.265. The molecule has 116 valence electrons. The molecule has 0 spiro atoms. The number of hydrogen-bond acceptors (Lipinski definition) is 5. The van der Waals surface area contributed by atoms with Crippen molar-refractivity contribution in [3.63, 3.8) is 0 Å². The van der Waals surface area contributed by atoms with Crippen LogP contribution in [-0.2, 0) is 11.3 Å². The predicted octanol–water partition coefficient (Wildman–Crippen LogP) is 2.50. The van der Waals surface area contributed by atoms with Crippen molar-refractivity contribution in [1.82, 2.24) is 5.32 Å². The highest BCUT2D eigenvalue weighted by atomic mass is 16.7. The highest BCUT2D eigenvalue weighted by Gasteiger charge is 2.18. The molecule has 0 aromatic heterocycles. The molecule has 0 saturated carbocycles. The van der Waals surface area contributed by atoms with Crippen LogP contribution in [0.2, 0.25) is 0 Å². The number of benzene rings is 1.